The van der Waals surface area contributed by atoms with Crippen LogP contribution in [0, 0.1) is 5.92 Å². The smallest absolute Gasteiger partial charge is 0.0205 e. The van der Waals surface area contributed by atoms with E-state index in [2.05, 4.69) is 43.4 Å². The van der Waals surface area contributed by atoms with Crippen molar-refractivity contribution >= 4 is 0 Å². The summed E-state index contributed by atoms with van der Waals surface area (Å²) in [5, 5.41) is 3.50. The minimum absolute atomic E-state index is 0.625. The highest BCUT2D eigenvalue weighted by Crippen LogP contribution is 2.06. The van der Waals surface area contributed by atoms with Gasteiger partial charge in [0.05, 0.1) is 0 Å². The lowest BCUT2D eigenvalue weighted by molar-refractivity contribution is 0.476. The third-order valence-electron chi connectivity index (χ3n) is 2.83. The molecular weight excluding hydrogens is 196 g/mol. The molecule has 0 aliphatic rings. The van der Waals surface area contributed by atoms with Crippen molar-refractivity contribution in [3.63, 3.8) is 0 Å². The van der Waals surface area contributed by atoms with Crippen molar-refractivity contribution in [3.05, 3.63) is 35.4 Å². The Morgan fingerprint density at radius 1 is 1.31 bits per heavy atom. The highest BCUT2D eigenvalue weighted by Gasteiger charge is 2.00. The summed E-state index contributed by atoms with van der Waals surface area (Å²) in [6, 6.07) is 8.48. The van der Waals surface area contributed by atoms with Crippen LogP contribution < -0.4 is 11.1 Å². The fourth-order valence-corrected chi connectivity index (χ4v) is 1.92. The Labute approximate surface area is 99.2 Å². The Morgan fingerprint density at radius 3 is 2.75 bits per heavy atom. The molecule has 0 aliphatic carbocycles. The van der Waals surface area contributed by atoms with Crippen molar-refractivity contribution < 1.29 is 0 Å². The van der Waals surface area contributed by atoms with Crippen LogP contribution in [0.15, 0.2) is 24.3 Å². The molecule has 90 valence electrons. The lowest BCUT2D eigenvalue weighted by atomic mass is 10.1. The molecule has 3 N–H and O–H groups in total. The highest BCUT2D eigenvalue weighted by atomic mass is 14.9. The largest absolute Gasteiger partial charge is 0.326 e. The molecule has 0 spiro atoms. The Kier molecular flexibility index (Phi) is 6.12. The van der Waals surface area contributed by atoms with Crippen LogP contribution in [0.25, 0.3) is 0 Å². The van der Waals surface area contributed by atoms with Crippen LogP contribution in [-0.4, -0.2) is 6.54 Å². The lowest BCUT2D eigenvalue weighted by Gasteiger charge is -2.11. The number of rotatable bonds is 7. The van der Waals surface area contributed by atoms with E-state index in [9.17, 15) is 0 Å². The van der Waals surface area contributed by atoms with Gasteiger partial charge in [0.2, 0.25) is 0 Å². The average molecular weight is 220 g/mol. The molecule has 2 nitrogen and oxygen atoms in total. The normalized spacial score (nSPS) is 12.7. The van der Waals surface area contributed by atoms with Gasteiger partial charge in [0, 0.05) is 13.1 Å². The van der Waals surface area contributed by atoms with E-state index in [1.54, 1.807) is 0 Å². The van der Waals surface area contributed by atoms with Gasteiger partial charge in [-0.05, 0) is 30.0 Å². The second-order valence-corrected chi connectivity index (χ2v) is 4.55. The average Bonchev–Trinajstić information content (AvgIpc) is 2.30. The SMILES string of the molecule is CCCC(C)CNCc1cccc(CN)c1. The third kappa shape index (κ3) is 4.77. The summed E-state index contributed by atoms with van der Waals surface area (Å²) in [7, 11) is 0. The summed E-state index contributed by atoms with van der Waals surface area (Å²) in [6.07, 6.45) is 2.57. The zero-order chi connectivity index (χ0) is 11.8. The van der Waals surface area contributed by atoms with E-state index in [0.29, 0.717) is 6.54 Å². The number of hydrogen-bond acceptors (Lipinski definition) is 2. The number of benzene rings is 1. The predicted octanol–water partition coefficient (Wildman–Crippen LogP) is 2.67. The van der Waals surface area contributed by atoms with Crippen LogP contribution in [0.2, 0.25) is 0 Å². The van der Waals surface area contributed by atoms with Crippen LogP contribution in [0.4, 0.5) is 0 Å². The van der Waals surface area contributed by atoms with E-state index < -0.39 is 0 Å². The minimum atomic E-state index is 0.625. The molecule has 0 bridgehead atoms. The molecule has 0 heterocycles. The van der Waals surface area contributed by atoms with Crippen LogP contribution >= 0.6 is 0 Å². The summed E-state index contributed by atoms with van der Waals surface area (Å²) in [5.41, 5.74) is 8.15. The lowest BCUT2D eigenvalue weighted by Crippen LogP contribution is -2.20. The molecule has 0 aromatic heterocycles. The van der Waals surface area contributed by atoms with Gasteiger partial charge in [-0.25, -0.2) is 0 Å². The first-order valence-corrected chi connectivity index (χ1v) is 6.24. The molecule has 0 radical (unpaired) electrons. The summed E-state index contributed by atoms with van der Waals surface area (Å²) < 4.78 is 0. The molecule has 1 atom stereocenters. The first-order chi connectivity index (χ1) is 7.76. The molecule has 0 saturated heterocycles. The molecule has 0 saturated carbocycles. The van der Waals surface area contributed by atoms with Crippen molar-refractivity contribution in [1.29, 1.82) is 0 Å². The fraction of sp³-hybridized carbons (Fsp3) is 0.571. The quantitative estimate of drug-likeness (QED) is 0.741. The highest BCUT2D eigenvalue weighted by molar-refractivity contribution is 5.23. The summed E-state index contributed by atoms with van der Waals surface area (Å²) in [5.74, 6) is 0.766. The molecule has 0 fully saturated rings. The molecule has 1 rings (SSSR count). The Bertz CT molecular complexity index is 297. The van der Waals surface area contributed by atoms with Crippen molar-refractivity contribution in [2.75, 3.05) is 6.54 Å². The van der Waals surface area contributed by atoms with Gasteiger partial charge in [0.25, 0.3) is 0 Å². The molecule has 0 aliphatic heterocycles. The van der Waals surface area contributed by atoms with E-state index in [1.807, 2.05) is 0 Å². The van der Waals surface area contributed by atoms with Gasteiger partial charge in [0.1, 0.15) is 0 Å². The van der Waals surface area contributed by atoms with E-state index in [0.717, 1.165) is 19.0 Å². The van der Waals surface area contributed by atoms with E-state index in [4.69, 9.17) is 5.73 Å². The van der Waals surface area contributed by atoms with Crippen LogP contribution in [-0.2, 0) is 13.1 Å². The van der Waals surface area contributed by atoms with Gasteiger partial charge in [-0.3, -0.25) is 0 Å². The van der Waals surface area contributed by atoms with Crippen molar-refractivity contribution in [2.24, 2.45) is 11.7 Å². The molecular formula is C14H24N2. The van der Waals surface area contributed by atoms with Gasteiger partial charge in [-0.2, -0.15) is 0 Å². The number of nitrogens with two attached hydrogens (primary N) is 1. The number of hydrogen-bond donors (Lipinski definition) is 2. The maximum Gasteiger partial charge on any atom is 0.0205 e. The summed E-state index contributed by atoms with van der Waals surface area (Å²) in [6.45, 7) is 7.21. The Hall–Kier alpha value is -0.860. The summed E-state index contributed by atoms with van der Waals surface area (Å²) >= 11 is 0. The standard InChI is InChI=1S/C14H24N2/c1-3-5-12(2)10-16-11-14-7-4-6-13(8-14)9-15/h4,6-8,12,16H,3,5,9-11,15H2,1-2H3. The zero-order valence-corrected chi connectivity index (χ0v) is 10.5. The minimum Gasteiger partial charge on any atom is -0.326 e. The van der Waals surface area contributed by atoms with Crippen LogP contribution in [0.3, 0.4) is 0 Å². The van der Waals surface area contributed by atoms with Gasteiger partial charge in [-0.1, -0.05) is 44.5 Å². The first-order valence-electron chi connectivity index (χ1n) is 6.24. The number of nitrogens with one attached hydrogen (secondary N) is 1. The van der Waals surface area contributed by atoms with Crippen molar-refractivity contribution in [3.8, 4) is 0 Å². The van der Waals surface area contributed by atoms with Gasteiger partial charge in [-0.15, -0.1) is 0 Å². The van der Waals surface area contributed by atoms with Crippen LogP contribution in [0.1, 0.15) is 37.8 Å². The van der Waals surface area contributed by atoms with E-state index in [-0.39, 0.29) is 0 Å². The topological polar surface area (TPSA) is 38.0 Å². The third-order valence-corrected chi connectivity index (χ3v) is 2.83. The van der Waals surface area contributed by atoms with Crippen LogP contribution in [0.5, 0.6) is 0 Å². The molecule has 1 aromatic carbocycles. The molecule has 2 heteroatoms. The fourth-order valence-electron chi connectivity index (χ4n) is 1.92. The van der Waals surface area contributed by atoms with Gasteiger partial charge < -0.3 is 11.1 Å². The van der Waals surface area contributed by atoms with Gasteiger partial charge >= 0.3 is 0 Å². The first kappa shape index (κ1) is 13.2. The predicted molar refractivity (Wildman–Crippen MR) is 70.1 cm³/mol. The Morgan fingerprint density at radius 2 is 2.06 bits per heavy atom. The molecule has 0 amide bonds. The molecule has 1 aromatic rings. The van der Waals surface area contributed by atoms with Crippen molar-refractivity contribution in [2.45, 2.75) is 39.8 Å². The van der Waals surface area contributed by atoms with E-state index >= 15 is 0 Å². The second kappa shape index (κ2) is 7.42. The van der Waals surface area contributed by atoms with E-state index in [1.165, 1.54) is 24.0 Å². The van der Waals surface area contributed by atoms with Crippen molar-refractivity contribution in [1.82, 2.24) is 5.32 Å². The zero-order valence-electron chi connectivity index (χ0n) is 10.5. The molecule has 16 heavy (non-hydrogen) atoms. The Balaban J connectivity index is 2.31. The second-order valence-electron chi connectivity index (χ2n) is 4.55. The van der Waals surface area contributed by atoms with Gasteiger partial charge in [0.15, 0.2) is 0 Å². The monoisotopic (exact) mass is 220 g/mol. The molecule has 1 unspecified atom stereocenters. The maximum atomic E-state index is 5.61. The maximum absolute atomic E-state index is 5.61. The summed E-state index contributed by atoms with van der Waals surface area (Å²) in [4.78, 5) is 0.